The van der Waals surface area contributed by atoms with E-state index in [0.717, 1.165) is 23.1 Å². The van der Waals surface area contributed by atoms with Gasteiger partial charge in [0.05, 0.1) is 0 Å². The van der Waals surface area contributed by atoms with Gasteiger partial charge in [-0.25, -0.2) is 4.79 Å². The van der Waals surface area contributed by atoms with E-state index in [4.69, 9.17) is 9.15 Å². The van der Waals surface area contributed by atoms with Gasteiger partial charge in [-0.2, -0.15) is 0 Å². The number of nitrogens with one attached hydrogen (secondary N) is 1. The molecule has 0 aliphatic carbocycles. The average Bonchev–Trinajstić information content (AvgIpc) is 2.81. The van der Waals surface area contributed by atoms with Crippen molar-refractivity contribution in [3.63, 3.8) is 0 Å². The summed E-state index contributed by atoms with van der Waals surface area (Å²) in [6.45, 7) is 11.2. The molecule has 1 amide bonds. The minimum Gasteiger partial charge on any atom is -0.489 e. The molecule has 2 atom stereocenters. The summed E-state index contributed by atoms with van der Waals surface area (Å²) in [5, 5.41) is 4.01. The van der Waals surface area contributed by atoms with Crippen molar-refractivity contribution >= 4 is 16.9 Å². The second-order valence-corrected chi connectivity index (χ2v) is 9.70. The SMILES string of the molecule is C=C(C)COc1ccc2c(C)c(CCC(=O)NC[C@@H]3CCCN4CCCC[C@H]34)c(=O)oc2c1. The Bertz CT molecular complexity index is 1070. The predicted molar refractivity (Wildman–Crippen MR) is 131 cm³/mol. The van der Waals surface area contributed by atoms with Gasteiger partial charge in [-0.05, 0) is 88.2 Å². The highest BCUT2D eigenvalue weighted by atomic mass is 16.5. The third kappa shape index (κ3) is 5.67. The minimum atomic E-state index is -0.380. The third-order valence-corrected chi connectivity index (χ3v) is 7.14. The quantitative estimate of drug-likeness (QED) is 0.476. The van der Waals surface area contributed by atoms with E-state index >= 15 is 0 Å². The second-order valence-electron chi connectivity index (χ2n) is 9.70. The number of piperidine rings is 2. The molecule has 33 heavy (non-hydrogen) atoms. The van der Waals surface area contributed by atoms with Crippen LogP contribution in [-0.4, -0.2) is 43.1 Å². The number of aryl methyl sites for hydroxylation is 1. The number of fused-ring (bicyclic) bond motifs is 2. The zero-order chi connectivity index (χ0) is 23.4. The molecule has 1 N–H and O–H groups in total. The van der Waals surface area contributed by atoms with Crippen molar-refractivity contribution in [2.45, 2.75) is 64.8 Å². The second kappa shape index (κ2) is 10.6. The Hall–Kier alpha value is -2.60. The summed E-state index contributed by atoms with van der Waals surface area (Å²) in [5.74, 6) is 1.18. The predicted octanol–water partition coefficient (Wildman–Crippen LogP) is 4.37. The van der Waals surface area contributed by atoms with Gasteiger partial charge < -0.3 is 19.4 Å². The molecule has 0 spiro atoms. The Kier molecular flexibility index (Phi) is 7.53. The van der Waals surface area contributed by atoms with Crippen molar-refractivity contribution in [2.24, 2.45) is 5.92 Å². The molecule has 4 rings (SSSR count). The van der Waals surface area contributed by atoms with Crippen LogP contribution < -0.4 is 15.7 Å². The van der Waals surface area contributed by atoms with Gasteiger partial charge in [-0.15, -0.1) is 0 Å². The largest absolute Gasteiger partial charge is 0.489 e. The Morgan fingerprint density at radius 1 is 1.24 bits per heavy atom. The lowest BCUT2D eigenvalue weighted by Gasteiger charge is -2.44. The molecule has 6 heteroatoms. The topological polar surface area (TPSA) is 71.8 Å². The van der Waals surface area contributed by atoms with Crippen LogP contribution in [0.1, 0.15) is 56.6 Å². The molecule has 2 fully saturated rings. The van der Waals surface area contributed by atoms with Gasteiger partial charge in [-0.1, -0.05) is 13.0 Å². The van der Waals surface area contributed by atoms with E-state index < -0.39 is 0 Å². The van der Waals surface area contributed by atoms with Crippen LogP contribution in [0.2, 0.25) is 0 Å². The van der Waals surface area contributed by atoms with Crippen molar-refractivity contribution in [2.75, 3.05) is 26.2 Å². The van der Waals surface area contributed by atoms with Gasteiger partial charge in [0.1, 0.15) is 17.9 Å². The first-order chi connectivity index (χ1) is 15.9. The highest BCUT2D eigenvalue weighted by molar-refractivity contribution is 5.82. The summed E-state index contributed by atoms with van der Waals surface area (Å²) < 4.78 is 11.2. The Labute approximate surface area is 196 Å². The van der Waals surface area contributed by atoms with Gasteiger partial charge in [0.25, 0.3) is 0 Å². The molecule has 2 aliphatic heterocycles. The number of nitrogens with zero attached hydrogens (tertiary/aromatic N) is 1. The van der Waals surface area contributed by atoms with Gasteiger partial charge >= 0.3 is 5.63 Å². The van der Waals surface area contributed by atoms with E-state index in [-0.39, 0.29) is 18.0 Å². The Morgan fingerprint density at radius 2 is 2.06 bits per heavy atom. The highest BCUT2D eigenvalue weighted by Gasteiger charge is 2.32. The molecule has 6 nitrogen and oxygen atoms in total. The number of benzene rings is 1. The number of rotatable bonds is 8. The first kappa shape index (κ1) is 23.6. The fourth-order valence-electron chi connectivity index (χ4n) is 5.35. The first-order valence-electron chi connectivity index (χ1n) is 12.3. The van der Waals surface area contributed by atoms with Crippen molar-refractivity contribution in [1.29, 1.82) is 0 Å². The molecule has 2 aromatic rings. The summed E-state index contributed by atoms with van der Waals surface area (Å²) in [5.41, 5.74) is 2.48. The van der Waals surface area contributed by atoms with E-state index in [0.29, 0.717) is 41.9 Å². The summed E-state index contributed by atoms with van der Waals surface area (Å²) >= 11 is 0. The monoisotopic (exact) mass is 452 g/mol. The Balaban J connectivity index is 1.36. The molecule has 2 saturated heterocycles. The molecule has 1 aromatic carbocycles. The lowest BCUT2D eigenvalue weighted by atomic mass is 9.83. The smallest absolute Gasteiger partial charge is 0.339 e. The molecule has 0 unspecified atom stereocenters. The fourth-order valence-corrected chi connectivity index (χ4v) is 5.35. The maximum atomic E-state index is 12.6. The molecular weight excluding hydrogens is 416 g/mol. The summed E-state index contributed by atoms with van der Waals surface area (Å²) in [7, 11) is 0. The molecule has 0 bridgehead atoms. The Morgan fingerprint density at radius 3 is 2.88 bits per heavy atom. The van der Waals surface area contributed by atoms with Crippen LogP contribution in [0.3, 0.4) is 0 Å². The third-order valence-electron chi connectivity index (χ3n) is 7.14. The first-order valence-corrected chi connectivity index (χ1v) is 12.3. The van der Waals surface area contributed by atoms with Gasteiger partial charge in [-0.3, -0.25) is 4.79 Å². The van der Waals surface area contributed by atoms with E-state index in [1.165, 1.54) is 45.2 Å². The number of amides is 1. The van der Waals surface area contributed by atoms with Crippen LogP contribution in [-0.2, 0) is 11.2 Å². The normalized spacial score (nSPS) is 20.9. The fraction of sp³-hybridized carbons (Fsp3) is 0.556. The van der Waals surface area contributed by atoms with Crippen LogP contribution in [0.25, 0.3) is 11.0 Å². The van der Waals surface area contributed by atoms with E-state index in [1.54, 1.807) is 6.07 Å². The molecule has 0 saturated carbocycles. The van der Waals surface area contributed by atoms with Gasteiger partial charge in [0.15, 0.2) is 0 Å². The standard InChI is InChI=1S/C27H36N2O4/c1-18(2)17-32-21-9-10-22-19(3)23(27(31)33-25(22)15-21)11-12-26(30)28-16-20-7-6-14-29-13-5-4-8-24(20)29/h9-10,15,20,24H,1,4-8,11-14,16-17H2,2-3H3,(H,28,30)/t20-,24+/m0/s1. The van der Waals surface area contributed by atoms with Gasteiger partial charge in [0, 0.05) is 36.0 Å². The minimum absolute atomic E-state index is 0.00497. The molecule has 178 valence electrons. The van der Waals surface area contributed by atoms with Crippen molar-refractivity contribution in [3.8, 4) is 5.75 Å². The van der Waals surface area contributed by atoms with Crippen LogP contribution in [0.5, 0.6) is 5.75 Å². The maximum absolute atomic E-state index is 12.6. The van der Waals surface area contributed by atoms with E-state index in [1.807, 2.05) is 26.0 Å². The lowest BCUT2D eigenvalue weighted by molar-refractivity contribution is -0.121. The number of hydrogen-bond acceptors (Lipinski definition) is 5. The van der Waals surface area contributed by atoms with Crippen molar-refractivity contribution < 1.29 is 13.9 Å². The highest BCUT2D eigenvalue weighted by Crippen LogP contribution is 2.30. The van der Waals surface area contributed by atoms with Crippen LogP contribution in [0.4, 0.5) is 0 Å². The molecule has 0 radical (unpaired) electrons. The molecule has 2 aliphatic rings. The molecule has 3 heterocycles. The van der Waals surface area contributed by atoms with Crippen molar-refractivity contribution in [1.82, 2.24) is 10.2 Å². The number of carbonyl (C=O) groups is 1. The molecule has 1 aromatic heterocycles. The van der Waals surface area contributed by atoms with Crippen LogP contribution in [0, 0.1) is 12.8 Å². The molecular formula is C27H36N2O4. The summed E-state index contributed by atoms with van der Waals surface area (Å²) in [6, 6.07) is 6.13. The lowest BCUT2D eigenvalue weighted by Crippen LogP contribution is -2.51. The van der Waals surface area contributed by atoms with E-state index in [9.17, 15) is 9.59 Å². The maximum Gasteiger partial charge on any atom is 0.339 e. The summed E-state index contributed by atoms with van der Waals surface area (Å²) in [6.07, 6.45) is 6.91. The van der Waals surface area contributed by atoms with Crippen LogP contribution in [0.15, 0.2) is 39.6 Å². The average molecular weight is 453 g/mol. The van der Waals surface area contributed by atoms with Crippen molar-refractivity contribution in [3.05, 3.63) is 51.9 Å². The van der Waals surface area contributed by atoms with Gasteiger partial charge in [0.2, 0.25) is 5.91 Å². The zero-order valence-corrected chi connectivity index (χ0v) is 20.0. The van der Waals surface area contributed by atoms with Crippen LogP contribution >= 0.6 is 0 Å². The van der Waals surface area contributed by atoms with E-state index in [2.05, 4.69) is 16.8 Å². The number of carbonyl (C=O) groups excluding carboxylic acids is 1. The summed E-state index contributed by atoms with van der Waals surface area (Å²) in [4.78, 5) is 27.9. The zero-order valence-electron chi connectivity index (χ0n) is 20.0. The number of hydrogen-bond donors (Lipinski definition) is 1. The number of ether oxygens (including phenoxy) is 1.